The zero-order valence-corrected chi connectivity index (χ0v) is 9.94. The van der Waals surface area contributed by atoms with E-state index in [1.54, 1.807) is 19.1 Å². The predicted octanol–water partition coefficient (Wildman–Crippen LogP) is 3.09. The molecule has 0 radical (unpaired) electrons. The average molecular weight is 211 g/mol. The van der Waals surface area contributed by atoms with Crippen LogP contribution in [0.3, 0.4) is 0 Å². The first-order valence-electron chi connectivity index (χ1n) is 4.59. The molecule has 0 heterocycles. The highest BCUT2D eigenvalue weighted by atomic mass is 32.2. The highest BCUT2D eigenvalue weighted by Crippen LogP contribution is 2.20. The van der Waals surface area contributed by atoms with Crippen LogP contribution >= 0.6 is 11.9 Å². The second kappa shape index (κ2) is 4.71. The summed E-state index contributed by atoms with van der Waals surface area (Å²) in [5.74, 6) is 0.894. The molecule has 0 saturated heterocycles. The van der Waals surface area contributed by atoms with Crippen molar-refractivity contribution in [1.29, 1.82) is 0 Å². The van der Waals surface area contributed by atoms with Gasteiger partial charge in [-0.05, 0) is 57.0 Å². The lowest BCUT2D eigenvalue weighted by Crippen LogP contribution is -2.29. The lowest BCUT2D eigenvalue weighted by atomic mass is 10.1. The van der Waals surface area contributed by atoms with Crippen molar-refractivity contribution in [3.05, 3.63) is 24.3 Å². The molecule has 0 aliphatic rings. The molecule has 0 saturated carbocycles. The van der Waals surface area contributed by atoms with Crippen LogP contribution in [0.1, 0.15) is 20.8 Å². The maximum absolute atomic E-state index is 5.08. The van der Waals surface area contributed by atoms with Crippen molar-refractivity contribution in [1.82, 2.24) is 4.72 Å². The van der Waals surface area contributed by atoms with E-state index in [1.165, 1.54) is 4.90 Å². The fourth-order valence-electron chi connectivity index (χ4n) is 0.856. The minimum absolute atomic E-state index is 0.130. The molecule has 78 valence electrons. The van der Waals surface area contributed by atoms with E-state index in [4.69, 9.17) is 4.74 Å². The van der Waals surface area contributed by atoms with Crippen LogP contribution in [0.15, 0.2) is 29.2 Å². The smallest absolute Gasteiger partial charge is 0.118 e. The van der Waals surface area contributed by atoms with Crippen molar-refractivity contribution in [3.8, 4) is 5.75 Å². The van der Waals surface area contributed by atoms with Gasteiger partial charge < -0.3 is 4.74 Å². The third-order valence-electron chi connectivity index (χ3n) is 1.53. The molecule has 0 fully saturated rings. The van der Waals surface area contributed by atoms with E-state index in [-0.39, 0.29) is 5.54 Å². The summed E-state index contributed by atoms with van der Waals surface area (Å²) in [5.41, 5.74) is 0.130. The van der Waals surface area contributed by atoms with Gasteiger partial charge in [0.05, 0.1) is 7.11 Å². The van der Waals surface area contributed by atoms with Crippen LogP contribution in [0, 0.1) is 0 Å². The molecule has 0 aliphatic heterocycles. The van der Waals surface area contributed by atoms with Gasteiger partial charge in [0.15, 0.2) is 0 Å². The molecule has 1 aromatic carbocycles. The summed E-state index contributed by atoms with van der Waals surface area (Å²) in [6.07, 6.45) is 0. The molecule has 1 aromatic rings. The molecule has 14 heavy (non-hydrogen) atoms. The first kappa shape index (κ1) is 11.4. The van der Waals surface area contributed by atoms with E-state index in [9.17, 15) is 0 Å². The first-order valence-corrected chi connectivity index (χ1v) is 5.41. The number of benzene rings is 1. The van der Waals surface area contributed by atoms with Crippen molar-refractivity contribution in [2.45, 2.75) is 31.2 Å². The Morgan fingerprint density at radius 1 is 1.14 bits per heavy atom. The second-order valence-electron chi connectivity index (χ2n) is 4.13. The lowest BCUT2D eigenvalue weighted by Gasteiger charge is -2.19. The van der Waals surface area contributed by atoms with Crippen molar-refractivity contribution in [3.63, 3.8) is 0 Å². The normalized spacial score (nSPS) is 11.4. The predicted molar refractivity (Wildman–Crippen MR) is 61.7 cm³/mol. The Kier molecular flexibility index (Phi) is 3.84. The van der Waals surface area contributed by atoms with Crippen LogP contribution in [0.25, 0.3) is 0 Å². The number of rotatable bonds is 3. The van der Waals surface area contributed by atoms with Gasteiger partial charge in [0.2, 0.25) is 0 Å². The maximum Gasteiger partial charge on any atom is 0.118 e. The van der Waals surface area contributed by atoms with Gasteiger partial charge in [-0.25, -0.2) is 0 Å². The summed E-state index contributed by atoms with van der Waals surface area (Å²) < 4.78 is 8.44. The Hall–Kier alpha value is -0.670. The quantitative estimate of drug-likeness (QED) is 0.776. The third-order valence-corrected chi connectivity index (χ3v) is 2.76. The Bertz CT molecular complexity index is 276. The zero-order chi connectivity index (χ0) is 10.6. The van der Waals surface area contributed by atoms with Gasteiger partial charge in [-0.3, -0.25) is 4.72 Å². The molecular weight excluding hydrogens is 194 g/mol. The molecule has 0 amide bonds. The highest BCUT2D eigenvalue weighted by molar-refractivity contribution is 7.97. The van der Waals surface area contributed by atoms with Gasteiger partial charge in [0.25, 0.3) is 0 Å². The molecule has 0 unspecified atom stereocenters. The largest absolute Gasteiger partial charge is 0.497 e. The van der Waals surface area contributed by atoms with Crippen molar-refractivity contribution < 1.29 is 4.74 Å². The van der Waals surface area contributed by atoms with Gasteiger partial charge in [-0.1, -0.05) is 0 Å². The van der Waals surface area contributed by atoms with Crippen molar-refractivity contribution in [2.24, 2.45) is 0 Å². The summed E-state index contributed by atoms with van der Waals surface area (Å²) in [7, 11) is 1.68. The van der Waals surface area contributed by atoms with E-state index in [1.807, 2.05) is 24.3 Å². The van der Waals surface area contributed by atoms with E-state index < -0.39 is 0 Å². The molecule has 0 spiro atoms. The second-order valence-corrected chi connectivity index (χ2v) is 5.01. The van der Waals surface area contributed by atoms with E-state index in [0.29, 0.717) is 0 Å². The summed E-state index contributed by atoms with van der Waals surface area (Å²) in [4.78, 5) is 1.20. The SMILES string of the molecule is COc1ccc(SNC(C)(C)C)cc1. The standard InChI is InChI=1S/C11H17NOS/c1-11(2,3)12-14-10-7-5-9(13-4)6-8-10/h5-8,12H,1-4H3. The molecule has 1 N–H and O–H groups in total. The minimum atomic E-state index is 0.130. The van der Waals surface area contributed by atoms with E-state index in [0.717, 1.165) is 5.75 Å². The van der Waals surface area contributed by atoms with Crippen molar-refractivity contribution in [2.75, 3.05) is 7.11 Å². The van der Waals surface area contributed by atoms with Crippen LogP contribution in [-0.2, 0) is 0 Å². The monoisotopic (exact) mass is 211 g/mol. The molecule has 0 aromatic heterocycles. The molecule has 2 nitrogen and oxygen atoms in total. The Labute approximate surface area is 90.2 Å². The zero-order valence-electron chi connectivity index (χ0n) is 9.13. The van der Waals surface area contributed by atoms with Gasteiger partial charge in [0, 0.05) is 10.4 Å². The number of hydrogen-bond donors (Lipinski definition) is 1. The number of methoxy groups -OCH3 is 1. The fourth-order valence-corrected chi connectivity index (χ4v) is 1.55. The van der Waals surface area contributed by atoms with Gasteiger partial charge >= 0.3 is 0 Å². The Balaban J connectivity index is 2.52. The van der Waals surface area contributed by atoms with E-state index >= 15 is 0 Å². The third kappa shape index (κ3) is 4.03. The molecular formula is C11H17NOS. The average Bonchev–Trinajstić information content (AvgIpc) is 2.14. The maximum atomic E-state index is 5.08. The topological polar surface area (TPSA) is 21.3 Å². The molecule has 3 heteroatoms. The van der Waals surface area contributed by atoms with Gasteiger partial charge in [0.1, 0.15) is 5.75 Å². The minimum Gasteiger partial charge on any atom is -0.497 e. The van der Waals surface area contributed by atoms with Gasteiger partial charge in [-0.2, -0.15) is 0 Å². The molecule has 0 aliphatic carbocycles. The molecule has 1 rings (SSSR count). The number of nitrogens with one attached hydrogen (secondary N) is 1. The molecule has 0 atom stereocenters. The number of ether oxygens (including phenoxy) is 1. The Morgan fingerprint density at radius 2 is 1.71 bits per heavy atom. The van der Waals surface area contributed by atoms with Crippen LogP contribution in [0.5, 0.6) is 5.75 Å². The van der Waals surface area contributed by atoms with Gasteiger partial charge in [-0.15, -0.1) is 0 Å². The summed E-state index contributed by atoms with van der Waals surface area (Å²) in [6, 6.07) is 8.02. The summed E-state index contributed by atoms with van der Waals surface area (Å²) >= 11 is 1.64. The van der Waals surface area contributed by atoms with Crippen LogP contribution in [0.2, 0.25) is 0 Å². The fraction of sp³-hybridized carbons (Fsp3) is 0.455. The summed E-state index contributed by atoms with van der Waals surface area (Å²) in [6.45, 7) is 6.43. The highest BCUT2D eigenvalue weighted by Gasteiger charge is 2.08. The Morgan fingerprint density at radius 3 is 2.14 bits per heavy atom. The number of hydrogen-bond acceptors (Lipinski definition) is 3. The van der Waals surface area contributed by atoms with Crippen LogP contribution in [0.4, 0.5) is 0 Å². The molecule has 0 bridgehead atoms. The summed E-state index contributed by atoms with van der Waals surface area (Å²) in [5, 5.41) is 0. The first-order chi connectivity index (χ1) is 6.51. The van der Waals surface area contributed by atoms with E-state index in [2.05, 4.69) is 25.5 Å². The van der Waals surface area contributed by atoms with Crippen molar-refractivity contribution >= 4 is 11.9 Å². The van der Waals surface area contributed by atoms with Crippen LogP contribution < -0.4 is 9.46 Å². The van der Waals surface area contributed by atoms with Crippen LogP contribution in [-0.4, -0.2) is 12.6 Å². The lowest BCUT2D eigenvalue weighted by molar-refractivity contribution is 0.414.